The van der Waals surface area contributed by atoms with Gasteiger partial charge in [0, 0.05) is 24.9 Å². The van der Waals surface area contributed by atoms with Gasteiger partial charge >= 0.3 is 0 Å². The third kappa shape index (κ3) is 4.75. The lowest BCUT2D eigenvalue weighted by molar-refractivity contribution is -0.133. The second-order valence-electron chi connectivity index (χ2n) is 6.87. The monoisotopic (exact) mass is 392 g/mol. The Morgan fingerprint density at radius 1 is 1.07 bits per heavy atom. The fourth-order valence-corrected chi connectivity index (χ4v) is 3.41. The van der Waals surface area contributed by atoms with Crippen LogP contribution in [0.2, 0.25) is 0 Å². The third-order valence-corrected chi connectivity index (χ3v) is 5.08. The van der Waals surface area contributed by atoms with Crippen molar-refractivity contribution in [2.75, 3.05) is 19.8 Å². The maximum absolute atomic E-state index is 12.8. The quantitative estimate of drug-likeness (QED) is 0.668. The smallest absolute Gasteiger partial charge is 0.223 e. The molecule has 0 bridgehead atoms. The number of fused-ring (bicyclic) bond motifs is 1. The minimum atomic E-state index is -0.135. The summed E-state index contributed by atoms with van der Waals surface area (Å²) in [5.74, 6) is 1.03. The summed E-state index contributed by atoms with van der Waals surface area (Å²) in [5, 5.41) is 8.93. The molecule has 0 aliphatic carbocycles. The highest BCUT2D eigenvalue weighted by Gasteiger charge is 2.21. The summed E-state index contributed by atoms with van der Waals surface area (Å²) in [6.07, 6.45) is 0.275. The van der Waals surface area contributed by atoms with E-state index in [0.717, 1.165) is 5.56 Å². The van der Waals surface area contributed by atoms with Crippen molar-refractivity contribution in [2.45, 2.75) is 32.7 Å². The van der Waals surface area contributed by atoms with Gasteiger partial charge in [-0.15, -0.1) is 0 Å². The Morgan fingerprint density at radius 2 is 1.76 bits per heavy atom. The third-order valence-electron chi connectivity index (χ3n) is 5.08. The highest BCUT2D eigenvalue weighted by atomic mass is 16.6. The number of rotatable bonds is 7. The summed E-state index contributed by atoms with van der Waals surface area (Å²) in [5.41, 5.74) is 2.06. The molecule has 150 valence electrons. The maximum Gasteiger partial charge on any atom is 0.223 e. The molecule has 1 aliphatic rings. The van der Waals surface area contributed by atoms with Gasteiger partial charge in [0.15, 0.2) is 17.3 Å². The van der Waals surface area contributed by atoms with Crippen LogP contribution in [0.3, 0.4) is 0 Å². The van der Waals surface area contributed by atoms with E-state index in [4.69, 9.17) is 14.7 Å². The molecule has 0 spiro atoms. The van der Waals surface area contributed by atoms with E-state index in [1.165, 1.54) is 0 Å². The number of ether oxygens (including phenoxy) is 2. The van der Waals surface area contributed by atoms with Crippen LogP contribution in [0.25, 0.3) is 0 Å². The van der Waals surface area contributed by atoms with E-state index >= 15 is 0 Å². The van der Waals surface area contributed by atoms with Gasteiger partial charge in [0.05, 0.1) is 17.7 Å². The highest BCUT2D eigenvalue weighted by molar-refractivity contribution is 5.98. The Hall–Kier alpha value is -3.33. The molecule has 29 heavy (non-hydrogen) atoms. The van der Waals surface area contributed by atoms with E-state index in [1.807, 2.05) is 26.0 Å². The van der Waals surface area contributed by atoms with Crippen LogP contribution >= 0.6 is 0 Å². The second-order valence-corrected chi connectivity index (χ2v) is 6.87. The summed E-state index contributed by atoms with van der Waals surface area (Å²) >= 11 is 0. The average Bonchev–Trinajstić information content (AvgIpc) is 2.77. The van der Waals surface area contributed by atoms with Crippen molar-refractivity contribution in [1.29, 1.82) is 5.26 Å². The fourth-order valence-electron chi connectivity index (χ4n) is 3.41. The highest BCUT2D eigenvalue weighted by Crippen LogP contribution is 2.31. The lowest BCUT2D eigenvalue weighted by atomic mass is 10.0. The molecule has 6 heteroatoms. The zero-order valence-corrected chi connectivity index (χ0v) is 16.7. The van der Waals surface area contributed by atoms with Crippen molar-refractivity contribution in [1.82, 2.24) is 4.90 Å². The molecule has 3 rings (SSSR count). The molecule has 1 unspecified atom stereocenters. The number of benzene rings is 2. The van der Waals surface area contributed by atoms with Gasteiger partial charge in [-0.05, 0) is 49.7 Å². The number of carbonyl (C=O) groups is 2. The molecule has 2 aromatic rings. The predicted molar refractivity (Wildman–Crippen MR) is 108 cm³/mol. The normalized spacial score (nSPS) is 13.3. The van der Waals surface area contributed by atoms with Crippen LogP contribution in [-0.4, -0.2) is 36.3 Å². The topological polar surface area (TPSA) is 79.6 Å². The molecule has 1 aliphatic heterocycles. The molecule has 0 saturated carbocycles. The van der Waals surface area contributed by atoms with Crippen molar-refractivity contribution < 1.29 is 19.1 Å². The molecule has 1 atom stereocenters. The minimum absolute atomic E-state index is 0.0738. The standard InChI is InChI=1S/C23H24N2O4/c1-3-25(16(2)18-6-4-17(15-24)5-7-18)23(27)11-9-20(26)19-8-10-21-22(14-19)29-13-12-28-21/h4-8,10,14,16H,3,9,11-13H2,1-2H3. The Bertz CT molecular complexity index is 931. The number of ketones is 1. The summed E-state index contributed by atoms with van der Waals surface area (Å²) < 4.78 is 11.0. The van der Waals surface area contributed by atoms with Crippen LogP contribution in [0.4, 0.5) is 0 Å². The van der Waals surface area contributed by atoms with E-state index < -0.39 is 0 Å². The molecule has 0 N–H and O–H groups in total. The van der Waals surface area contributed by atoms with Gasteiger partial charge in [0.2, 0.25) is 5.91 Å². The number of Topliss-reactive ketones (excluding diaryl/α,β-unsaturated/α-hetero) is 1. The number of hydrogen-bond donors (Lipinski definition) is 0. The second kappa shape index (κ2) is 9.24. The average molecular weight is 392 g/mol. The Balaban J connectivity index is 1.62. The van der Waals surface area contributed by atoms with Gasteiger partial charge in [0.1, 0.15) is 13.2 Å². The summed E-state index contributed by atoms with van der Waals surface area (Å²) in [7, 11) is 0. The van der Waals surface area contributed by atoms with Gasteiger partial charge in [-0.1, -0.05) is 12.1 Å². The molecule has 0 saturated heterocycles. The fraction of sp³-hybridized carbons (Fsp3) is 0.348. The number of amides is 1. The largest absolute Gasteiger partial charge is 0.486 e. The van der Waals surface area contributed by atoms with Gasteiger partial charge in [-0.3, -0.25) is 9.59 Å². The summed E-state index contributed by atoms with van der Waals surface area (Å²) in [4.78, 5) is 27.1. The summed E-state index contributed by atoms with van der Waals surface area (Å²) in [6.45, 7) is 5.37. The van der Waals surface area contributed by atoms with E-state index in [9.17, 15) is 9.59 Å². The van der Waals surface area contributed by atoms with Crippen molar-refractivity contribution >= 4 is 11.7 Å². The number of nitriles is 1. The molecular formula is C23H24N2O4. The lowest BCUT2D eigenvalue weighted by Gasteiger charge is -2.28. The van der Waals surface area contributed by atoms with Crippen LogP contribution in [0, 0.1) is 11.3 Å². The predicted octanol–water partition coefficient (Wildman–Crippen LogP) is 3.90. The van der Waals surface area contributed by atoms with Crippen LogP contribution < -0.4 is 9.47 Å². The Kier molecular flexibility index (Phi) is 6.50. The molecule has 6 nitrogen and oxygen atoms in total. The number of hydrogen-bond acceptors (Lipinski definition) is 5. The molecular weight excluding hydrogens is 368 g/mol. The van der Waals surface area contributed by atoms with Crippen molar-refractivity contribution in [2.24, 2.45) is 0 Å². The maximum atomic E-state index is 12.8. The van der Waals surface area contributed by atoms with Gasteiger partial charge in [0.25, 0.3) is 0 Å². The molecule has 0 fully saturated rings. The Morgan fingerprint density at radius 3 is 2.41 bits per heavy atom. The van der Waals surface area contributed by atoms with Crippen molar-refractivity contribution in [3.05, 3.63) is 59.2 Å². The van der Waals surface area contributed by atoms with Gasteiger partial charge < -0.3 is 14.4 Å². The molecule has 0 aromatic heterocycles. The molecule has 2 aromatic carbocycles. The first-order valence-electron chi connectivity index (χ1n) is 9.76. The first-order chi connectivity index (χ1) is 14.0. The van der Waals surface area contributed by atoms with Gasteiger partial charge in [-0.25, -0.2) is 0 Å². The SMILES string of the molecule is CCN(C(=O)CCC(=O)c1ccc2c(c1)OCCO2)C(C)c1ccc(C#N)cc1. The van der Waals surface area contributed by atoms with E-state index in [1.54, 1.807) is 35.2 Å². The zero-order valence-electron chi connectivity index (χ0n) is 16.7. The van der Waals surface area contributed by atoms with Gasteiger partial charge in [-0.2, -0.15) is 5.26 Å². The van der Waals surface area contributed by atoms with E-state index in [2.05, 4.69) is 6.07 Å². The molecule has 1 heterocycles. The van der Waals surface area contributed by atoms with Crippen LogP contribution in [-0.2, 0) is 4.79 Å². The first-order valence-corrected chi connectivity index (χ1v) is 9.76. The molecule has 0 radical (unpaired) electrons. The van der Waals surface area contributed by atoms with Crippen LogP contribution in [0.5, 0.6) is 11.5 Å². The molecule has 1 amide bonds. The lowest BCUT2D eigenvalue weighted by Crippen LogP contribution is -2.33. The van der Waals surface area contributed by atoms with Crippen molar-refractivity contribution in [3.63, 3.8) is 0 Å². The van der Waals surface area contributed by atoms with Crippen LogP contribution in [0.1, 0.15) is 54.2 Å². The van der Waals surface area contributed by atoms with E-state index in [0.29, 0.717) is 42.4 Å². The zero-order chi connectivity index (χ0) is 20.8. The number of carbonyl (C=O) groups excluding carboxylic acids is 2. The Labute approximate surface area is 170 Å². The van der Waals surface area contributed by atoms with Crippen LogP contribution in [0.15, 0.2) is 42.5 Å². The summed E-state index contributed by atoms with van der Waals surface area (Å²) in [6, 6.07) is 14.3. The van der Waals surface area contributed by atoms with E-state index in [-0.39, 0.29) is 30.6 Å². The minimum Gasteiger partial charge on any atom is -0.486 e. The first kappa shape index (κ1) is 20.4. The van der Waals surface area contributed by atoms with Crippen molar-refractivity contribution in [3.8, 4) is 17.6 Å². The number of nitrogens with zero attached hydrogens (tertiary/aromatic N) is 2.